The van der Waals surface area contributed by atoms with E-state index in [2.05, 4.69) is 11.4 Å². The van der Waals surface area contributed by atoms with Crippen LogP contribution in [0.15, 0.2) is 59.1 Å². The van der Waals surface area contributed by atoms with Crippen LogP contribution in [0.3, 0.4) is 0 Å². The molecule has 3 N–H and O–H groups in total. The highest BCUT2D eigenvalue weighted by atomic mass is 19.4. The summed E-state index contributed by atoms with van der Waals surface area (Å²) in [5, 5.41) is 32.3. The molecule has 3 aromatic carbocycles. The minimum Gasteiger partial charge on any atom is -0.393 e. The standard InChI is InChI=1S/C38H37F4N3O3/c1-20-10-23(13-25-14-27(15-32(39)31(25)18-43)34-21(2)11-26(12-22(34)3)33(47)19-46)8-9-37(17-20)36(48)44-35(45-37)29-7-6-28(38(40,41)42)16-30(29)24-4-5-24/h6-7,10-12,14-16,20,24,33,46-47H,4-5,8-9,13,17,19H2,1-3H3,(H,44,45,48)/t20?,33-,37+/m0/s1. The van der Waals surface area contributed by atoms with Crippen LogP contribution in [0.4, 0.5) is 17.6 Å². The van der Waals surface area contributed by atoms with Gasteiger partial charge in [0.2, 0.25) is 0 Å². The Kier molecular flexibility index (Phi) is 8.81. The molecule has 0 bridgehead atoms. The number of aliphatic hydroxyl groups is 2. The molecule has 1 aliphatic heterocycles. The highest BCUT2D eigenvalue weighted by Crippen LogP contribution is 2.45. The van der Waals surface area contributed by atoms with Crippen LogP contribution in [0.2, 0.25) is 0 Å². The molecule has 1 spiro atoms. The summed E-state index contributed by atoms with van der Waals surface area (Å²) in [4.78, 5) is 18.5. The van der Waals surface area contributed by atoms with Gasteiger partial charge in [0.15, 0.2) is 0 Å². The van der Waals surface area contributed by atoms with Crippen molar-refractivity contribution in [2.24, 2.45) is 10.9 Å². The second-order valence-electron chi connectivity index (χ2n) is 13.5. The molecule has 1 heterocycles. The van der Waals surface area contributed by atoms with Crippen molar-refractivity contribution in [2.75, 3.05) is 6.61 Å². The average Bonchev–Trinajstić information content (AvgIpc) is 3.83. The number of amides is 1. The fraction of sp³-hybridized carbons (Fsp3) is 0.395. The Balaban J connectivity index is 1.29. The van der Waals surface area contributed by atoms with Gasteiger partial charge in [-0.05, 0) is 127 Å². The van der Waals surface area contributed by atoms with Crippen LogP contribution in [0.1, 0.15) is 95.6 Å². The van der Waals surface area contributed by atoms with Crippen LogP contribution in [0.25, 0.3) is 11.1 Å². The Morgan fingerprint density at radius 3 is 2.46 bits per heavy atom. The van der Waals surface area contributed by atoms with Gasteiger partial charge >= 0.3 is 6.18 Å². The van der Waals surface area contributed by atoms with Gasteiger partial charge in [-0.15, -0.1) is 0 Å². The van der Waals surface area contributed by atoms with Crippen LogP contribution in [0, 0.1) is 36.9 Å². The summed E-state index contributed by atoms with van der Waals surface area (Å²) in [6.45, 7) is 5.24. The molecule has 10 heteroatoms. The van der Waals surface area contributed by atoms with Crippen LogP contribution in [-0.2, 0) is 17.4 Å². The van der Waals surface area contributed by atoms with E-state index in [1.54, 1.807) is 12.1 Å². The number of aliphatic imine (C=N–C) groups is 1. The highest BCUT2D eigenvalue weighted by Gasteiger charge is 2.46. The Morgan fingerprint density at radius 2 is 1.83 bits per heavy atom. The number of nitriles is 1. The number of aryl methyl sites for hydroxylation is 2. The number of hydrogen-bond donors (Lipinski definition) is 3. The van der Waals surface area contributed by atoms with E-state index in [4.69, 9.17) is 4.99 Å². The second-order valence-corrected chi connectivity index (χ2v) is 13.5. The van der Waals surface area contributed by atoms with Crippen molar-refractivity contribution in [1.29, 1.82) is 5.26 Å². The molecule has 3 aromatic rings. The first-order valence-electron chi connectivity index (χ1n) is 16.2. The van der Waals surface area contributed by atoms with E-state index in [0.717, 1.165) is 41.2 Å². The third-order valence-corrected chi connectivity index (χ3v) is 9.77. The maximum Gasteiger partial charge on any atom is 0.416 e. The van der Waals surface area contributed by atoms with Crippen molar-refractivity contribution in [1.82, 2.24) is 5.32 Å². The molecule has 6 nitrogen and oxygen atoms in total. The molecule has 0 radical (unpaired) electrons. The molecule has 48 heavy (non-hydrogen) atoms. The number of carbonyl (C=O) groups is 1. The van der Waals surface area contributed by atoms with E-state index in [1.807, 2.05) is 32.9 Å². The molecule has 250 valence electrons. The van der Waals surface area contributed by atoms with Crippen LogP contribution >= 0.6 is 0 Å². The second kappa shape index (κ2) is 12.6. The summed E-state index contributed by atoms with van der Waals surface area (Å²) in [5.74, 6) is -0.721. The first-order chi connectivity index (χ1) is 22.7. The summed E-state index contributed by atoms with van der Waals surface area (Å²) in [5.41, 5.74) is 4.15. The Labute approximate surface area is 276 Å². The molecule has 0 aromatic heterocycles. The smallest absolute Gasteiger partial charge is 0.393 e. The van der Waals surface area contributed by atoms with Gasteiger partial charge in [0.1, 0.15) is 29.4 Å². The molecule has 3 atom stereocenters. The number of nitrogens with one attached hydrogen (secondary N) is 1. The molecule has 2 aliphatic carbocycles. The maximum absolute atomic E-state index is 15.5. The number of benzene rings is 3. The van der Waals surface area contributed by atoms with Gasteiger partial charge in [0, 0.05) is 5.56 Å². The van der Waals surface area contributed by atoms with Crippen molar-refractivity contribution in [3.8, 4) is 17.2 Å². The summed E-state index contributed by atoms with van der Waals surface area (Å²) < 4.78 is 56.0. The number of nitrogens with zero attached hydrogens (tertiary/aromatic N) is 2. The van der Waals surface area contributed by atoms with Gasteiger partial charge in [-0.3, -0.25) is 9.79 Å². The number of hydrogen-bond acceptors (Lipinski definition) is 5. The fourth-order valence-electron chi connectivity index (χ4n) is 7.40. The number of halogens is 4. The van der Waals surface area contributed by atoms with E-state index in [-0.39, 0.29) is 29.7 Å². The number of carbonyl (C=O) groups excluding carboxylic acids is 1. The van der Waals surface area contributed by atoms with Crippen molar-refractivity contribution in [3.63, 3.8) is 0 Å². The summed E-state index contributed by atoms with van der Waals surface area (Å²) in [7, 11) is 0. The zero-order valence-corrected chi connectivity index (χ0v) is 27.0. The molecule has 1 unspecified atom stereocenters. The van der Waals surface area contributed by atoms with E-state index >= 15 is 4.39 Å². The van der Waals surface area contributed by atoms with Gasteiger partial charge in [0.25, 0.3) is 5.91 Å². The summed E-state index contributed by atoms with van der Waals surface area (Å²) in [6.07, 6.45) is -0.377. The molecular weight excluding hydrogens is 622 g/mol. The Bertz CT molecular complexity index is 1880. The predicted molar refractivity (Wildman–Crippen MR) is 174 cm³/mol. The maximum atomic E-state index is 15.5. The van der Waals surface area contributed by atoms with E-state index < -0.39 is 35.8 Å². The van der Waals surface area contributed by atoms with Gasteiger partial charge in [-0.25, -0.2) is 4.39 Å². The minimum atomic E-state index is -4.47. The zero-order chi connectivity index (χ0) is 34.5. The molecule has 1 saturated carbocycles. The molecule has 6 rings (SSSR count). The fourth-order valence-corrected chi connectivity index (χ4v) is 7.40. The normalized spacial score (nSPS) is 21.8. The van der Waals surface area contributed by atoms with E-state index in [1.165, 1.54) is 18.2 Å². The number of allylic oxidation sites excluding steroid dienone is 2. The monoisotopic (exact) mass is 659 g/mol. The van der Waals surface area contributed by atoms with Gasteiger partial charge in [0.05, 0.1) is 17.7 Å². The largest absolute Gasteiger partial charge is 0.416 e. The zero-order valence-electron chi connectivity index (χ0n) is 27.0. The lowest BCUT2D eigenvalue weighted by Gasteiger charge is -2.23. The lowest BCUT2D eigenvalue weighted by atomic mass is 9.86. The average molecular weight is 660 g/mol. The first kappa shape index (κ1) is 33.6. The predicted octanol–water partition coefficient (Wildman–Crippen LogP) is 7.51. The van der Waals surface area contributed by atoms with E-state index in [9.17, 15) is 33.4 Å². The Morgan fingerprint density at radius 1 is 1.12 bits per heavy atom. The number of aliphatic hydroxyl groups excluding tert-OH is 2. The highest BCUT2D eigenvalue weighted by molar-refractivity contribution is 6.16. The van der Waals surface area contributed by atoms with Crippen molar-refractivity contribution in [2.45, 2.75) is 83.0 Å². The van der Waals surface area contributed by atoms with Gasteiger partial charge in [-0.2, -0.15) is 18.4 Å². The van der Waals surface area contributed by atoms with Crippen molar-refractivity contribution < 1.29 is 32.6 Å². The number of rotatable bonds is 7. The molecule has 1 amide bonds. The summed E-state index contributed by atoms with van der Waals surface area (Å²) >= 11 is 0. The minimum absolute atomic E-state index is 0.00270. The lowest BCUT2D eigenvalue weighted by molar-refractivity contribution is -0.137. The lowest BCUT2D eigenvalue weighted by Crippen LogP contribution is -2.40. The molecule has 3 aliphatic rings. The molecule has 0 saturated heterocycles. The quantitative estimate of drug-likeness (QED) is 0.180. The van der Waals surface area contributed by atoms with Crippen LogP contribution in [-0.4, -0.2) is 34.1 Å². The Hall–Kier alpha value is -4.33. The molecular formula is C38H37F4N3O3. The van der Waals surface area contributed by atoms with Crippen LogP contribution < -0.4 is 5.32 Å². The SMILES string of the molecule is Cc1cc([C@@H](O)CO)cc(C)c1-c1cc(F)c(C#N)c(CC2=CC(C)C[C@@]3(CC2)N=C(c2ccc(C(F)(F)F)cc2C2CC2)NC3=O)c1. The topological polar surface area (TPSA) is 106 Å². The van der Waals surface area contributed by atoms with Crippen molar-refractivity contribution >= 4 is 11.7 Å². The number of amidine groups is 1. The third-order valence-electron chi connectivity index (χ3n) is 9.77. The summed E-state index contributed by atoms with van der Waals surface area (Å²) in [6, 6.07) is 12.3. The first-order valence-corrected chi connectivity index (χ1v) is 16.2. The number of alkyl halides is 3. The van der Waals surface area contributed by atoms with Gasteiger partial charge in [-0.1, -0.05) is 36.8 Å². The van der Waals surface area contributed by atoms with Crippen LogP contribution in [0.5, 0.6) is 0 Å². The van der Waals surface area contributed by atoms with Crippen molar-refractivity contribution in [3.05, 3.63) is 104 Å². The van der Waals surface area contributed by atoms with E-state index in [0.29, 0.717) is 52.9 Å². The third kappa shape index (κ3) is 6.41. The molecule has 1 fully saturated rings. The van der Waals surface area contributed by atoms with Gasteiger partial charge < -0.3 is 15.5 Å².